The maximum Gasteiger partial charge on any atom is 0.271 e. The highest BCUT2D eigenvalue weighted by molar-refractivity contribution is 6.10. The van der Waals surface area contributed by atoms with Crippen LogP contribution in [0.1, 0.15) is 35.5 Å². The number of aliphatic hydroxyl groups is 1. The first-order valence-corrected chi connectivity index (χ1v) is 16.0. The van der Waals surface area contributed by atoms with Gasteiger partial charge in [-0.3, -0.25) is 9.69 Å². The summed E-state index contributed by atoms with van der Waals surface area (Å²) in [6.07, 6.45) is -0.155. The molecule has 238 valence electrons. The van der Waals surface area contributed by atoms with Crippen LogP contribution in [-0.2, 0) is 24.9 Å². The van der Waals surface area contributed by atoms with Gasteiger partial charge < -0.3 is 24.0 Å². The van der Waals surface area contributed by atoms with Gasteiger partial charge in [-0.1, -0.05) is 79.7 Å². The Labute approximate surface area is 271 Å². The largest absolute Gasteiger partial charge is 0.457 e. The number of amides is 1. The van der Waals surface area contributed by atoms with Gasteiger partial charge in [-0.25, -0.2) is 0 Å². The van der Waals surface area contributed by atoms with Crippen molar-refractivity contribution >= 4 is 16.8 Å². The van der Waals surface area contributed by atoms with Crippen LogP contribution in [0.25, 0.3) is 22.0 Å². The Morgan fingerprint density at radius 1 is 0.935 bits per heavy atom. The first kappa shape index (κ1) is 31.5. The minimum Gasteiger partial charge on any atom is -0.457 e. The summed E-state index contributed by atoms with van der Waals surface area (Å²) in [4.78, 5) is 18.7. The van der Waals surface area contributed by atoms with Crippen molar-refractivity contribution in [1.29, 1.82) is 0 Å². The monoisotopic (exact) mass is 617 g/mol. The van der Waals surface area contributed by atoms with Gasteiger partial charge in [-0.05, 0) is 61.0 Å². The fourth-order valence-corrected chi connectivity index (χ4v) is 6.50. The summed E-state index contributed by atoms with van der Waals surface area (Å²) in [5.41, 5.74) is 5.77. The Hall–Kier alpha value is -4.43. The van der Waals surface area contributed by atoms with Crippen LogP contribution in [0.3, 0.4) is 0 Å². The maximum atomic E-state index is 14.6. The predicted molar refractivity (Wildman–Crippen MR) is 183 cm³/mol. The zero-order valence-electron chi connectivity index (χ0n) is 27.1. The highest BCUT2D eigenvalue weighted by Gasteiger charge is 2.33. The Kier molecular flexibility index (Phi) is 9.54. The van der Waals surface area contributed by atoms with E-state index >= 15 is 0 Å². The molecule has 0 saturated heterocycles. The van der Waals surface area contributed by atoms with Gasteiger partial charge in [-0.2, -0.15) is 0 Å². The van der Waals surface area contributed by atoms with Gasteiger partial charge in [0.15, 0.2) is 0 Å². The van der Waals surface area contributed by atoms with Gasteiger partial charge in [0.05, 0.1) is 25.4 Å². The molecule has 7 heteroatoms. The lowest BCUT2D eigenvalue weighted by Gasteiger charge is -2.35. The quantitative estimate of drug-likeness (QED) is 0.201. The van der Waals surface area contributed by atoms with E-state index in [-0.39, 0.29) is 30.6 Å². The Bertz CT molecular complexity index is 1780. The SMILES string of the molecule is C[C@H](CO)N1C[C@H](C)[C@@H](CN(C)Cc2ccc(Oc3ccccc3)cc2)OCc2ccccc2-c2c(n(C)c3ccccc23)C1=O. The van der Waals surface area contributed by atoms with Gasteiger partial charge in [0.1, 0.15) is 17.2 Å². The van der Waals surface area contributed by atoms with Crippen molar-refractivity contribution in [2.75, 3.05) is 26.7 Å². The molecular weight excluding hydrogens is 574 g/mol. The lowest BCUT2D eigenvalue weighted by atomic mass is 9.96. The van der Waals surface area contributed by atoms with Crippen LogP contribution in [0.5, 0.6) is 11.5 Å². The molecule has 0 bridgehead atoms. The van der Waals surface area contributed by atoms with E-state index in [2.05, 4.69) is 55.3 Å². The Morgan fingerprint density at radius 3 is 2.37 bits per heavy atom. The van der Waals surface area contributed by atoms with Crippen LogP contribution in [0.4, 0.5) is 0 Å². The zero-order valence-corrected chi connectivity index (χ0v) is 27.1. The number of aromatic nitrogens is 1. The molecule has 0 radical (unpaired) electrons. The molecule has 0 spiro atoms. The first-order valence-electron chi connectivity index (χ1n) is 16.0. The predicted octanol–water partition coefficient (Wildman–Crippen LogP) is 7.13. The first-order chi connectivity index (χ1) is 22.3. The van der Waals surface area contributed by atoms with Crippen molar-refractivity contribution in [3.63, 3.8) is 0 Å². The average Bonchev–Trinajstić information content (AvgIpc) is 3.37. The minimum absolute atomic E-state index is 0.00504. The standard InChI is InChI=1S/C39H43N3O4/c1-27-22-42(28(2)25-43)39(44)38-37(34-16-10-11-17-35(34)41(38)4)33-15-9-8-12-30(33)26-45-36(27)24-40(3)23-29-18-20-32(21-19-29)46-31-13-6-5-7-14-31/h5-21,27-28,36,43H,22-26H2,1-4H3/t27-,28+,36+/m0/s1. The zero-order chi connectivity index (χ0) is 32.2. The lowest BCUT2D eigenvalue weighted by molar-refractivity contribution is -0.0242. The van der Waals surface area contributed by atoms with E-state index in [9.17, 15) is 9.90 Å². The highest BCUT2D eigenvalue weighted by atomic mass is 16.5. The molecule has 1 aliphatic heterocycles. The molecule has 2 heterocycles. The van der Waals surface area contributed by atoms with Crippen molar-refractivity contribution in [2.24, 2.45) is 13.0 Å². The molecule has 0 aliphatic carbocycles. The van der Waals surface area contributed by atoms with Crippen LogP contribution >= 0.6 is 0 Å². The third kappa shape index (κ3) is 6.58. The molecule has 0 fully saturated rings. The van der Waals surface area contributed by atoms with Crippen molar-refractivity contribution in [3.8, 4) is 22.6 Å². The van der Waals surface area contributed by atoms with E-state index in [1.807, 2.05) is 90.2 Å². The molecule has 1 amide bonds. The summed E-state index contributed by atoms with van der Waals surface area (Å²) in [5, 5.41) is 11.3. The third-order valence-corrected chi connectivity index (χ3v) is 9.07. The molecule has 46 heavy (non-hydrogen) atoms. The number of nitrogens with zero attached hydrogens (tertiary/aromatic N) is 3. The number of aryl methyl sites for hydroxylation is 1. The van der Waals surface area contributed by atoms with Crippen molar-refractivity contribution in [3.05, 3.63) is 120 Å². The topological polar surface area (TPSA) is 67.2 Å². The van der Waals surface area contributed by atoms with Crippen LogP contribution in [0, 0.1) is 5.92 Å². The molecule has 0 unspecified atom stereocenters. The van der Waals surface area contributed by atoms with E-state index in [4.69, 9.17) is 9.47 Å². The molecule has 1 N–H and O–H groups in total. The number of fused-ring (bicyclic) bond motifs is 5. The second-order valence-electron chi connectivity index (χ2n) is 12.5. The number of ether oxygens (including phenoxy) is 2. The molecule has 6 rings (SSSR count). The number of hydrogen-bond donors (Lipinski definition) is 1. The second kappa shape index (κ2) is 13.9. The van der Waals surface area contributed by atoms with E-state index in [0.717, 1.165) is 45.6 Å². The third-order valence-electron chi connectivity index (χ3n) is 9.07. The molecular formula is C39H43N3O4. The van der Waals surface area contributed by atoms with Gasteiger partial charge in [0.25, 0.3) is 5.91 Å². The number of hydrogen-bond acceptors (Lipinski definition) is 5. The Morgan fingerprint density at radius 2 is 1.61 bits per heavy atom. The summed E-state index contributed by atoms with van der Waals surface area (Å²) >= 11 is 0. The number of likely N-dealkylation sites (N-methyl/N-ethyl adjacent to an activating group) is 1. The van der Waals surface area contributed by atoms with Gasteiger partial charge in [0, 0.05) is 49.1 Å². The van der Waals surface area contributed by atoms with Gasteiger partial charge in [-0.15, -0.1) is 0 Å². The second-order valence-corrected chi connectivity index (χ2v) is 12.5. The summed E-state index contributed by atoms with van der Waals surface area (Å²) in [7, 11) is 4.06. The molecule has 0 saturated carbocycles. The van der Waals surface area contributed by atoms with Crippen molar-refractivity contribution in [2.45, 2.75) is 39.1 Å². The van der Waals surface area contributed by atoms with Crippen LogP contribution in [0.15, 0.2) is 103 Å². The minimum atomic E-state index is -0.355. The summed E-state index contributed by atoms with van der Waals surface area (Å²) in [5.74, 6) is 1.54. The number of benzene rings is 4. The van der Waals surface area contributed by atoms with Crippen molar-refractivity contribution in [1.82, 2.24) is 14.4 Å². The van der Waals surface area contributed by atoms with Gasteiger partial charge in [0.2, 0.25) is 0 Å². The molecule has 7 nitrogen and oxygen atoms in total. The maximum absolute atomic E-state index is 14.6. The summed E-state index contributed by atoms with van der Waals surface area (Å²) in [6, 6.07) is 34.0. The van der Waals surface area contributed by atoms with E-state index in [0.29, 0.717) is 25.4 Å². The number of rotatable bonds is 8. The number of carbonyl (C=O) groups excluding carboxylic acids is 1. The molecule has 1 aliphatic rings. The number of para-hydroxylation sites is 2. The smallest absolute Gasteiger partial charge is 0.271 e. The molecule has 1 aromatic heterocycles. The molecule has 4 aromatic carbocycles. The van der Waals surface area contributed by atoms with Crippen LogP contribution in [-0.4, -0.2) is 64.3 Å². The number of carbonyl (C=O) groups is 1. The number of aliphatic hydroxyl groups excluding tert-OH is 1. The van der Waals surface area contributed by atoms with E-state index < -0.39 is 0 Å². The fourth-order valence-electron chi connectivity index (χ4n) is 6.50. The van der Waals surface area contributed by atoms with E-state index in [1.165, 1.54) is 5.56 Å². The average molecular weight is 618 g/mol. The molecule has 5 aromatic rings. The highest BCUT2D eigenvalue weighted by Crippen LogP contribution is 2.38. The van der Waals surface area contributed by atoms with E-state index in [1.54, 1.807) is 0 Å². The van der Waals surface area contributed by atoms with Crippen LogP contribution in [0.2, 0.25) is 0 Å². The van der Waals surface area contributed by atoms with Crippen molar-refractivity contribution < 1.29 is 19.4 Å². The lowest BCUT2D eigenvalue weighted by Crippen LogP contribution is -2.47. The normalized spacial score (nSPS) is 17.8. The summed E-state index contributed by atoms with van der Waals surface area (Å²) < 4.78 is 14.7. The Balaban J connectivity index is 1.28. The van der Waals surface area contributed by atoms with Gasteiger partial charge >= 0.3 is 0 Å². The molecule has 3 atom stereocenters. The summed E-state index contributed by atoms with van der Waals surface area (Å²) in [6.45, 7) is 6.24. The van der Waals surface area contributed by atoms with Crippen LogP contribution < -0.4 is 4.74 Å². The fraction of sp³-hybridized carbons (Fsp3) is 0.308.